The van der Waals surface area contributed by atoms with E-state index in [9.17, 15) is 10.1 Å². The van der Waals surface area contributed by atoms with E-state index in [2.05, 4.69) is 6.07 Å². The van der Waals surface area contributed by atoms with E-state index in [1.165, 1.54) is 12.1 Å². The molecule has 6 nitrogen and oxygen atoms in total. The highest BCUT2D eigenvalue weighted by atomic mass is 35.5. The van der Waals surface area contributed by atoms with Crippen LogP contribution in [0.25, 0.3) is 11.6 Å². The number of carbonyl (C=O) groups is 1. The van der Waals surface area contributed by atoms with Crippen LogP contribution in [0, 0.1) is 11.3 Å². The number of rotatable bonds is 8. The zero-order valence-electron chi connectivity index (χ0n) is 16.4. The molecule has 1 heterocycles. The molecular formula is C23H17Cl2NO5. The van der Waals surface area contributed by atoms with E-state index in [4.69, 9.17) is 42.2 Å². The van der Waals surface area contributed by atoms with Gasteiger partial charge in [-0.25, -0.2) is 4.79 Å². The molecule has 1 N–H and O–H groups in total. The van der Waals surface area contributed by atoms with Gasteiger partial charge < -0.3 is 19.0 Å². The fourth-order valence-corrected chi connectivity index (χ4v) is 3.28. The summed E-state index contributed by atoms with van der Waals surface area (Å²) in [6, 6.07) is 15.2. The van der Waals surface area contributed by atoms with Crippen LogP contribution in [0.2, 0.25) is 10.0 Å². The number of ether oxygens (including phenoxy) is 2. The molecule has 31 heavy (non-hydrogen) atoms. The Hall–Kier alpha value is -3.40. The summed E-state index contributed by atoms with van der Waals surface area (Å²) in [5.41, 5.74) is 1.65. The first-order valence-electron chi connectivity index (χ1n) is 9.20. The van der Waals surface area contributed by atoms with Crippen LogP contribution >= 0.6 is 23.2 Å². The first-order chi connectivity index (χ1) is 14.9. The van der Waals surface area contributed by atoms with E-state index in [-0.39, 0.29) is 12.4 Å². The molecule has 0 saturated carbocycles. The number of furan rings is 1. The van der Waals surface area contributed by atoms with E-state index in [1.54, 1.807) is 42.5 Å². The number of nitriles is 1. The molecule has 0 spiro atoms. The molecule has 8 heteroatoms. The van der Waals surface area contributed by atoms with Gasteiger partial charge in [0.1, 0.15) is 12.4 Å². The van der Waals surface area contributed by atoms with Crippen molar-refractivity contribution in [2.45, 2.75) is 13.5 Å². The number of halogens is 2. The van der Waals surface area contributed by atoms with Gasteiger partial charge in [-0.05, 0) is 55.0 Å². The third-order valence-electron chi connectivity index (χ3n) is 4.16. The number of hydrogen-bond acceptors (Lipinski definition) is 5. The lowest BCUT2D eigenvalue weighted by atomic mass is 10.0. The minimum absolute atomic E-state index is 0.0341. The number of benzene rings is 2. The van der Waals surface area contributed by atoms with Gasteiger partial charge in [-0.1, -0.05) is 35.3 Å². The predicted octanol–water partition coefficient (Wildman–Crippen LogP) is 6.33. The number of hydrogen-bond donors (Lipinski definition) is 1. The summed E-state index contributed by atoms with van der Waals surface area (Å²) in [7, 11) is 0. The lowest BCUT2D eigenvalue weighted by Gasteiger charge is -2.12. The highest BCUT2D eigenvalue weighted by Gasteiger charge is 2.12. The highest BCUT2D eigenvalue weighted by Crippen LogP contribution is 2.32. The summed E-state index contributed by atoms with van der Waals surface area (Å²) in [5, 5.41) is 19.4. The SMILES string of the molecule is CCOc1cc(C=C(C#N)c2ccc(Cl)cc2Cl)ccc1OCc1ccc(C(=O)O)o1. The summed E-state index contributed by atoms with van der Waals surface area (Å²) in [6.45, 7) is 2.28. The molecule has 0 amide bonds. The van der Waals surface area contributed by atoms with Gasteiger partial charge in [-0.3, -0.25) is 0 Å². The second-order valence-corrected chi connectivity index (χ2v) is 7.14. The first-order valence-corrected chi connectivity index (χ1v) is 9.95. The normalized spacial score (nSPS) is 11.1. The quantitative estimate of drug-likeness (QED) is 0.313. The predicted molar refractivity (Wildman–Crippen MR) is 118 cm³/mol. The Bertz CT molecular complexity index is 1180. The van der Waals surface area contributed by atoms with Gasteiger partial charge >= 0.3 is 5.97 Å². The Morgan fingerprint density at radius 1 is 1.13 bits per heavy atom. The summed E-state index contributed by atoms with van der Waals surface area (Å²) in [6.07, 6.45) is 1.69. The fourth-order valence-electron chi connectivity index (χ4n) is 2.77. The van der Waals surface area contributed by atoms with Crippen LogP contribution in [0.5, 0.6) is 11.5 Å². The minimum Gasteiger partial charge on any atom is -0.490 e. The molecule has 0 aliphatic carbocycles. The third kappa shape index (κ3) is 5.60. The van der Waals surface area contributed by atoms with Crippen molar-refractivity contribution >= 4 is 40.8 Å². The summed E-state index contributed by atoms with van der Waals surface area (Å²) in [4.78, 5) is 10.9. The van der Waals surface area contributed by atoms with Crippen LogP contribution in [-0.4, -0.2) is 17.7 Å². The number of nitrogens with zero attached hydrogens (tertiary/aromatic N) is 1. The summed E-state index contributed by atoms with van der Waals surface area (Å²) < 4.78 is 16.6. The smallest absolute Gasteiger partial charge is 0.371 e. The Morgan fingerprint density at radius 3 is 2.58 bits per heavy atom. The summed E-state index contributed by atoms with van der Waals surface area (Å²) >= 11 is 12.2. The molecular weight excluding hydrogens is 441 g/mol. The van der Waals surface area contributed by atoms with Crippen molar-refractivity contribution in [3.8, 4) is 17.6 Å². The number of carboxylic acid groups (broad SMARTS) is 1. The van der Waals surface area contributed by atoms with Crippen molar-refractivity contribution < 1.29 is 23.8 Å². The average molecular weight is 458 g/mol. The maximum Gasteiger partial charge on any atom is 0.371 e. The van der Waals surface area contributed by atoms with E-state index < -0.39 is 5.97 Å². The molecule has 0 bridgehead atoms. The molecule has 0 fully saturated rings. The van der Waals surface area contributed by atoms with Crippen LogP contribution in [0.15, 0.2) is 52.9 Å². The molecule has 0 unspecified atom stereocenters. The van der Waals surface area contributed by atoms with Gasteiger partial charge in [0.05, 0.1) is 23.3 Å². The van der Waals surface area contributed by atoms with Crippen LogP contribution in [-0.2, 0) is 6.61 Å². The van der Waals surface area contributed by atoms with Crippen molar-refractivity contribution in [3.63, 3.8) is 0 Å². The molecule has 0 aliphatic rings. The number of carboxylic acids is 1. The van der Waals surface area contributed by atoms with E-state index in [0.29, 0.717) is 50.6 Å². The Kier molecular flexibility index (Phi) is 7.24. The molecule has 2 aromatic carbocycles. The zero-order chi connectivity index (χ0) is 22.4. The van der Waals surface area contributed by atoms with Crippen molar-refractivity contribution in [1.82, 2.24) is 0 Å². The van der Waals surface area contributed by atoms with Crippen LogP contribution < -0.4 is 9.47 Å². The molecule has 0 saturated heterocycles. The second-order valence-electron chi connectivity index (χ2n) is 6.29. The van der Waals surface area contributed by atoms with Crippen LogP contribution in [0.4, 0.5) is 0 Å². The average Bonchev–Trinajstić information content (AvgIpc) is 3.21. The Labute approximate surface area is 188 Å². The maximum absolute atomic E-state index is 10.9. The monoisotopic (exact) mass is 457 g/mol. The topological polar surface area (TPSA) is 92.7 Å². The molecule has 0 atom stereocenters. The van der Waals surface area contributed by atoms with Gasteiger partial charge in [0.2, 0.25) is 5.76 Å². The second kappa shape index (κ2) is 10.1. The van der Waals surface area contributed by atoms with E-state index >= 15 is 0 Å². The van der Waals surface area contributed by atoms with Crippen molar-refractivity contribution in [1.29, 1.82) is 5.26 Å². The Morgan fingerprint density at radius 2 is 1.94 bits per heavy atom. The van der Waals surface area contributed by atoms with Crippen molar-refractivity contribution in [2.75, 3.05) is 6.61 Å². The standard InChI is InChI=1S/C23H17Cl2NO5/c1-2-29-22-10-14(9-15(12-26)18-6-4-16(24)11-19(18)25)3-7-20(22)30-13-17-5-8-21(31-17)23(27)28/h3-11H,2,13H2,1H3,(H,27,28). The summed E-state index contributed by atoms with van der Waals surface area (Å²) in [5.74, 6) is -0.00970. The Balaban J connectivity index is 1.85. The molecule has 0 aliphatic heterocycles. The number of aromatic carboxylic acids is 1. The fraction of sp³-hybridized carbons (Fsp3) is 0.130. The van der Waals surface area contributed by atoms with Crippen molar-refractivity contribution in [3.05, 3.63) is 81.2 Å². The van der Waals surface area contributed by atoms with Gasteiger partial charge in [0.15, 0.2) is 11.5 Å². The maximum atomic E-state index is 10.9. The lowest BCUT2D eigenvalue weighted by molar-refractivity contribution is 0.0658. The number of allylic oxidation sites excluding steroid dienone is 1. The first kappa shape index (κ1) is 22.3. The molecule has 158 valence electrons. The van der Waals surface area contributed by atoms with Gasteiger partial charge in [-0.2, -0.15) is 5.26 Å². The van der Waals surface area contributed by atoms with Crippen molar-refractivity contribution in [2.24, 2.45) is 0 Å². The largest absolute Gasteiger partial charge is 0.490 e. The molecule has 1 aromatic heterocycles. The van der Waals surface area contributed by atoms with Crippen LogP contribution in [0.1, 0.15) is 34.4 Å². The van der Waals surface area contributed by atoms with Crippen LogP contribution in [0.3, 0.4) is 0 Å². The minimum atomic E-state index is -1.15. The van der Waals surface area contributed by atoms with Gasteiger partial charge in [0.25, 0.3) is 0 Å². The lowest BCUT2D eigenvalue weighted by Crippen LogP contribution is -1.99. The zero-order valence-corrected chi connectivity index (χ0v) is 17.9. The van der Waals surface area contributed by atoms with Gasteiger partial charge in [-0.15, -0.1) is 0 Å². The highest BCUT2D eigenvalue weighted by molar-refractivity contribution is 6.36. The third-order valence-corrected chi connectivity index (χ3v) is 4.71. The van der Waals surface area contributed by atoms with E-state index in [1.807, 2.05) is 6.92 Å². The molecule has 3 rings (SSSR count). The molecule has 3 aromatic rings. The van der Waals surface area contributed by atoms with E-state index in [0.717, 1.165) is 0 Å². The molecule has 0 radical (unpaired) electrons. The van der Waals surface area contributed by atoms with Gasteiger partial charge in [0, 0.05) is 10.6 Å².